The van der Waals surface area contributed by atoms with Crippen molar-refractivity contribution >= 4 is 22.6 Å². The molecule has 0 bridgehead atoms. The summed E-state index contributed by atoms with van der Waals surface area (Å²) in [6.07, 6.45) is 4.12. The average Bonchev–Trinajstić information content (AvgIpc) is 3.61. The number of ether oxygens (including phenoxy) is 1. The first kappa shape index (κ1) is 26.5. The Morgan fingerprint density at radius 3 is 2.59 bits per heavy atom. The molecule has 0 atom stereocenters. The summed E-state index contributed by atoms with van der Waals surface area (Å²) in [5.74, 6) is 0.805. The Kier molecular flexibility index (Phi) is 6.47. The number of rotatable bonds is 6. The van der Waals surface area contributed by atoms with E-state index in [1.807, 2.05) is 19.1 Å². The van der Waals surface area contributed by atoms with Crippen LogP contribution in [0.3, 0.4) is 0 Å². The van der Waals surface area contributed by atoms with Crippen molar-refractivity contribution < 1.29 is 22.7 Å². The largest absolute Gasteiger partial charge is 0.496 e. The van der Waals surface area contributed by atoms with E-state index in [1.54, 1.807) is 47.4 Å². The molecule has 1 aliphatic heterocycles. The van der Waals surface area contributed by atoms with E-state index in [0.717, 1.165) is 10.2 Å². The van der Waals surface area contributed by atoms with Crippen molar-refractivity contribution in [2.75, 3.05) is 18.6 Å². The number of hydrogen-bond acceptors (Lipinski definition) is 6. The third-order valence-electron chi connectivity index (χ3n) is 7.34. The van der Waals surface area contributed by atoms with Crippen LogP contribution in [-0.2, 0) is 32.6 Å². The number of imidazole rings is 1. The van der Waals surface area contributed by atoms with E-state index in [9.17, 15) is 18.0 Å². The van der Waals surface area contributed by atoms with Gasteiger partial charge < -0.3 is 9.30 Å². The predicted octanol–water partition coefficient (Wildman–Crippen LogP) is 5.07. The van der Waals surface area contributed by atoms with Gasteiger partial charge in [-0.1, -0.05) is 6.92 Å². The standard InChI is InChI=1S/C29H26F3N7O2/c1-4-18-11-22-24(12-25(18)41-3)34-15-35-27(22)39-7-5-19-20(23-14-37(2)36-26(23)29(30,31)32)9-17(10-21(19)28(39)40)13-38-8-6-33-16-38/h6,8-12,14-16H,4-5,7,13H2,1-3H3. The van der Waals surface area contributed by atoms with Crippen molar-refractivity contribution in [1.82, 2.24) is 29.3 Å². The van der Waals surface area contributed by atoms with Gasteiger partial charge in [0.15, 0.2) is 5.69 Å². The van der Waals surface area contributed by atoms with Gasteiger partial charge >= 0.3 is 6.18 Å². The fourth-order valence-corrected chi connectivity index (χ4v) is 5.48. The van der Waals surface area contributed by atoms with Gasteiger partial charge in [-0.2, -0.15) is 18.3 Å². The van der Waals surface area contributed by atoms with E-state index in [1.165, 1.54) is 19.6 Å². The minimum atomic E-state index is -4.66. The van der Waals surface area contributed by atoms with Gasteiger partial charge in [-0.05, 0) is 53.3 Å². The Hall–Kier alpha value is -4.74. The molecular weight excluding hydrogens is 535 g/mol. The second-order valence-corrected chi connectivity index (χ2v) is 9.91. The number of nitrogens with zero attached hydrogens (tertiary/aromatic N) is 7. The summed E-state index contributed by atoms with van der Waals surface area (Å²) < 4.78 is 50.5. The van der Waals surface area contributed by atoms with Gasteiger partial charge in [0, 0.05) is 61.3 Å². The summed E-state index contributed by atoms with van der Waals surface area (Å²) in [6.45, 7) is 2.57. The van der Waals surface area contributed by atoms with Crippen molar-refractivity contribution in [3.8, 4) is 16.9 Å². The van der Waals surface area contributed by atoms with Crippen LogP contribution in [0, 0.1) is 0 Å². The molecular formula is C29H26F3N7O2. The number of carbonyl (C=O) groups excluding carboxylic acids is 1. The monoisotopic (exact) mass is 561 g/mol. The molecule has 1 amide bonds. The first-order chi connectivity index (χ1) is 19.7. The third-order valence-corrected chi connectivity index (χ3v) is 7.34. The molecule has 210 valence electrons. The Morgan fingerprint density at radius 1 is 1.07 bits per heavy atom. The van der Waals surface area contributed by atoms with Gasteiger partial charge in [0.25, 0.3) is 5.91 Å². The Bertz CT molecular complexity index is 1780. The molecule has 4 heterocycles. The summed E-state index contributed by atoms with van der Waals surface area (Å²) in [5.41, 5.74) is 2.41. The molecule has 0 unspecified atom stereocenters. The Labute approximate surface area is 233 Å². The zero-order chi connectivity index (χ0) is 28.9. The van der Waals surface area contributed by atoms with Gasteiger partial charge in [0.2, 0.25) is 0 Å². The van der Waals surface area contributed by atoms with Crippen LogP contribution >= 0.6 is 0 Å². The minimum Gasteiger partial charge on any atom is -0.496 e. The van der Waals surface area contributed by atoms with Crippen LogP contribution in [0.1, 0.15) is 39.7 Å². The van der Waals surface area contributed by atoms with Crippen molar-refractivity contribution in [2.24, 2.45) is 7.05 Å². The van der Waals surface area contributed by atoms with Crippen LogP contribution < -0.4 is 9.64 Å². The summed E-state index contributed by atoms with van der Waals surface area (Å²) in [4.78, 5) is 28.6. The normalized spacial score (nSPS) is 13.6. The smallest absolute Gasteiger partial charge is 0.435 e. The predicted molar refractivity (Wildman–Crippen MR) is 146 cm³/mol. The highest BCUT2D eigenvalue weighted by Gasteiger charge is 2.39. The van der Waals surface area contributed by atoms with Crippen LogP contribution in [0.5, 0.6) is 5.75 Å². The van der Waals surface area contributed by atoms with E-state index >= 15 is 0 Å². The highest BCUT2D eigenvalue weighted by Crippen LogP contribution is 2.41. The van der Waals surface area contributed by atoms with E-state index in [4.69, 9.17) is 4.74 Å². The lowest BCUT2D eigenvalue weighted by molar-refractivity contribution is -0.140. The van der Waals surface area contributed by atoms with Crippen LogP contribution in [-0.4, -0.2) is 48.9 Å². The van der Waals surface area contributed by atoms with Gasteiger partial charge in [0.05, 0.1) is 19.0 Å². The number of amides is 1. The lowest BCUT2D eigenvalue weighted by Gasteiger charge is -2.30. The van der Waals surface area contributed by atoms with E-state index in [-0.39, 0.29) is 18.0 Å². The van der Waals surface area contributed by atoms with Gasteiger partial charge in [-0.3, -0.25) is 14.4 Å². The summed E-state index contributed by atoms with van der Waals surface area (Å²) in [7, 11) is 3.05. The molecule has 0 N–H and O–H groups in total. The van der Waals surface area contributed by atoms with E-state index < -0.39 is 11.9 Å². The molecule has 0 fully saturated rings. The summed E-state index contributed by atoms with van der Waals surface area (Å²) in [5, 5.41) is 4.41. The molecule has 41 heavy (non-hydrogen) atoms. The fraction of sp³-hybridized carbons (Fsp3) is 0.276. The highest BCUT2D eigenvalue weighted by molar-refractivity contribution is 6.12. The topological polar surface area (TPSA) is 91.0 Å². The number of methoxy groups -OCH3 is 1. The fourth-order valence-electron chi connectivity index (χ4n) is 5.48. The second kappa shape index (κ2) is 10.0. The van der Waals surface area contributed by atoms with Crippen molar-refractivity contribution in [3.63, 3.8) is 0 Å². The number of aromatic nitrogens is 6. The molecule has 3 aromatic heterocycles. The van der Waals surface area contributed by atoms with Crippen molar-refractivity contribution in [1.29, 1.82) is 0 Å². The van der Waals surface area contributed by atoms with Crippen LogP contribution in [0.2, 0.25) is 0 Å². The number of hydrogen-bond donors (Lipinski definition) is 0. The lowest BCUT2D eigenvalue weighted by Crippen LogP contribution is -2.38. The maximum absolute atomic E-state index is 14.1. The number of aryl methyl sites for hydroxylation is 2. The molecule has 5 aromatic rings. The number of carbonyl (C=O) groups is 1. The number of fused-ring (bicyclic) bond motifs is 2. The quantitative estimate of drug-likeness (QED) is 0.288. The maximum Gasteiger partial charge on any atom is 0.435 e. The first-order valence-corrected chi connectivity index (χ1v) is 13.0. The van der Waals surface area contributed by atoms with Crippen molar-refractivity contribution in [3.05, 3.63) is 83.5 Å². The molecule has 0 spiro atoms. The first-order valence-electron chi connectivity index (χ1n) is 13.0. The minimum absolute atomic E-state index is 0.0582. The van der Waals surface area contributed by atoms with Crippen LogP contribution in [0.15, 0.2) is 55.5 Å². The highest BCUT2D eigenvalue weighted by atomic mass is 19.4. The molecule has 12 heteroatoms. The molecule has 6 rings (SSSR count). The molecule has 1 aliphatic rings. The number of anilines is 1. The number of halogens is 3. The molecule has 9 nitrogen and oxygen atoms in total. The summed E-state index contributed by atoms with van der Waals surface area (Å²) >= 11 is 0. The van der Waals surface area contributed by atoms with Gasteiger partial charge in [-0.25, -0.2) is 15.0 Å². The van der Waals surface area contributed by atoms with Crippen LogP contribution in [0.25, 0.3) is 22.0 Å². The number of alkyl halides is 3. The SMILES string of the molecule is CCc1cc2c(N3CCc4c(cc(Cn5ccnc5)cc4-c4cn(C)nc4C(F)(F)F)C3=O)ncnc2cc1OC. The third kappa shape index (κ3) is 4.68. The second-order valence-electron chi connectivity index (χ2n) is 9.91. The molecule has 0 radical (unpaired) electrons. The summed E-state index contributed by atoms with van der Waals surface area (Å²) in [6, 6.07) is 7.22. The number of benzene rings is 2. The van der Waals surface area contributed by atoms with Gasteiger partial charge in [0.1, 0.15) is 17.9 Å². The lowest BCUT2D eigenvalue weighted by atomic mass is 9.88. The zero-order valence-electron chi connectivity index (χ0n) is 22.6. The Morgan fingerprint density at radius 2 is 1.88 bits per heavy atom. The van der Waals surface area contributed by atoms with Gasteiger partial charge in [-0.15, -0.1) is 0 Å². The molecule has 2 aromatic carbocycles. The average molecular weight is 562 g/mol. The molecule has 0 saturated carbocycles. The van der Waals surface area contributed by atoms with E-state index in [0.29, 0.717) is 64.1 Å². The molecule has 0 aliphatic carbocycles. The zero-order valence-corrected chi connectivity index (χ0v) is 22.6. The Balaban J connectivity index is 1.51. The van der Waals surface area contributed by atoms with Crippen molar-refractivity contribution in [2.45, 2.75) is 32.5 Å². The maximum atomic E-state index is 14.1. The van der Waals surface area contributed by atoms with E-state index in [2.05, 4.69) is 20.1 Å². The van der Waals surface area contributed by atoms with Crippen LogP contribution in [0.4, 0.5) is 19.0 Å². The molecule has 0 saturated heterocycles.